The van der Waals surface area contributed by atoms with Crippen molar-refractivity contribution in [1.29, 1.82) is 0 Å². The number of fused-ring (bicyclic) bond motifs is 4. The van der Waals surface area contributed by atoms with Gasteiger partial charge < -0.3 is 0 Å². The summed E-state index contributed by atoms with van der Waals surface area (Å²) < 4.78 is 0. The SMILES string of the molecule is CC1(C)c2cc(-c3ccccc3)ccc2-c2ccc(-c3nc(-c4ccccc4)c4ccccc4n3)cc2C1(C)C. The van der Waals surface area contributed by atoms with Gasteiger partial charge in [0.1, 0.15) is 0 Å². The first-order valence-corrected chi connectivity index (χ1v) is 14.0. The predicted octanol–water partition coefficient (Wildman–Crippen LogP) is 9.87. The van der Waals surface area contributed by atoms with Crippen molar-refractivity contribution in [2.75, 3.05) is 0 Å². The Kier molecular flexibility index (Phi) is 5.50. The molecule has 0 spiro atoms. The van der Waals surface area contributed by atoms with E-state index in [0.717, 1.165) is 33.5 Å². The zero-order valence-corrected chi connectivity index (χ0v) is 23.4. The van der Waals surface area contributed by atoms with Crippen molar-refractivity contribution in [3.05, 3.63) is 132 Å². The third-order valence-electron chi connectivity index (χ3n) is 9.25. The number of hydrogen-bond acceptors (Lipinski definition) is 2. The lowest BCUT2D eigenvalue weighted by molar-refractivity contribution is 0.299. The molecule has 0 bridgehead atoms. The minimum absolute atomic E-state index is 0.0851. The monoisotopic (exact) mass is 516 g/mol. The number of aromatic nitrogens is 2. The summed E-state index contributed by atoms with van der Waals surface area (Å²) in [6.45, 7) is 9.53. The molecule has 0 radical (unpaired) electrons. The molecule has 6 aromatic rings. The van der Waals surface area contributed by atoms with Gasteiger partial charge in [0, 0.05) is 16.5 Å². The Morgan fingerprint density at radius 2 is 0.975 bits per heavy atom. The molecule has 2 nitrogen and oxygen atoms in total. The van der Waals surface area contributed by atoms with Crippen molar-refractivity contribution in [1.82, 2.24) is 9.97 Å². The number of nitrogens with zero attached hydrogens (tertiary/aromatic N) is 2. The molecule has 1 aliphatic rings. The van der Waals surface area contributed by atoms with Crippen LogP contribution in [0.4, 0.5) is 0 Å². The van der Waals surface area contributed by atoms with Crippen LogP contribution < -0.4 is 0 Å². The van der Waals surface area contributed by atoms with Crippen LogP contribution in [0.2, 0.25) is 0 Å². The molecule has 2 heteroatoms. The Morgan fingerprint density at radius 3 is 1.62 bits per heavy atom. The van der Waals surface area contributed by atoms with Crippen molar-refractivity contribution < 1.29 is 0 Å². The third-order valence-corrected chi connectivity index (χ3v) is 9.25. The van der Waals surface area contributed by atoms with Crippen molar-refractivity contribution in [2.24, 2.45) is 0 Å². The standard InChI is InChI=1S/C38H32N2/c1-37(2)32-23-27(25-13-7-5-8-14-25)19-21-29(32)30-22-20-28(24-33(30)38(37,3)4)36-39-34-18-12-11-17-31(34)35(40-36)26-15-9-6-10-16-26/h5-24H,1-4H3. The molecule has 194 valence electrons. The normalized spacial score (nSPS) is 14.9. The molecule has 0 saturated carbocycles. The quantitative estimate of drug-likeness (QED) is 0.234. The second-order valence-corrected chi connectivity index (χ2v) is 11.9. The van der Waals surface area contributed by atoms with Crippen LogP contribution in [0.25, 0.3) is 55.8 Å². The molecule has 0 atom stereocenters. The van der Waals surface area contributed by atoms with Gasteiger partial charge in [-0.25, -0.2) is 9.97 Å². The fourth-order valence-electron chi connectivity index (χ4n) is 6.24. The van der Waals surface area contributed by atoms with Crippen LogP contribution in [0, 0.1) is 0 Å². The molecule has 1 heterocycles. The van der Waals surface area contributed by atoms with Crippen LogP contribution >= 0.6 is 0 Å². The molecule has 1 aliphatic carbocycles. The Labute approximate surface area is 236 Å². The Morgan fingerprint density at radius 1 is 0.450 bits per heavy atom. The van der Waals surface area contributed by atoms with E-state index in [-0.39, 0.29) is 10.8 Å². The maximum absolute atomic E-state index is 5.15. The Balaban J connectivity index is 1.41. The summed E-state index contributed by atoms with van der Waals surface area (Å²) in [4.78, 5) is 10.2. The van der Waals surface area contributed by atoms with Crippen LogP contribution in [0.5, 0.6) is 0 Å². The van der Waals surface area contributed by atoms with Gasteiger partial charge in [0.05, 0.1) is 11.2 Å². The van der Waals surface area contributed by atoms with E-state index in [1.165, 1.54) is 33.4 Å². The number of para-hydroxylation sites is 1. The van der Waals surface area contributed by atoms with Crippen LogP contribution in [-0.2, 0) is 10.8 Å². The zero-order valence-electron chi connectivity index (χ0n) is 23.4. The molecule has 0 fully saturated rings. The average molecular weight is 517 g/mol. The van der Waals surface area contributed by atoms with Crippen LogP contribution in [0.15, 0.2) is 121 Å². The van der Waals surface area contributed by atoms with E-state index in [4.69, 9.17) is 9.97 Å². The minimum atomic E-state index is -0.111. The van der Waals surface area contributed by atoms with Crippen molar-refractivity contribution in [3.63, 3.8) is 0 Å². The summed E-state index contributed by atoms with van der Waals surface area (Å²) in [6, 6.07) is 43.2. The summed E-state index contributed by atoms with van der Waals surface area (Å²) >= 11 is 0. The predicted molar refractivity (Wildman–Crippen MR) is 167 cm³/mol. The van der Waals surface area contributed by atoms with Crippen LogP contribution in [0.3, 0.4) is 0 Å². The summed E-state index contributed by atoms with van der Waals surface area (Å²) in [7, 11) is 0. The molecule has 5 aromatic carbocycles. The lowest BCUT2D eigenvalue weighted by atomic mass is 9.55. The minimum Gasteiger partial charge on any atom is -0.228 e. The molecule has 0 amide bonds. The molecule has 1 aromatic heterocycles. The van der Waals surface area contributed by atoms with Crippen LogP contribution in [0.1, 0.15) is 38.8 Å². The van der Waals surface area contributed by atoms with Gasteiger partial charge in [0.15, 0.2) is 5.82 Å². The lowest BCUT2D eigenvalue weighted by Crippen LogP contribution is -2.43. The van der Waals surface area contributed by atoms with E-state index < -0.39 is 0 Å². The van der Waals surface area contributed by atoms with E-state index in [0.29, 0.717) is 0 Å². The topological polar surface area (TPSA) is 25.8 Å². The summed E-state index contributed by atoms with van der Waals surface area (Å²) in [6.07, 6.45) is 0. The smallest absolute Gasteiger partial charge is 0.160 e. The fourth-order valence-corrected chi connectivity index (χ4v) is 6.24. The molecular formula is C38H32N2. The van der Waals surface area contributed by atoms with Gasteiger partial charge in [-0.3, -0.25) is 0 Å². The zero-order chi connectivity index (χ0) is 27.5. The number of rotatable bonds is 3. The van der Waals surface area contributed by atoms with Crippen molar-refractivity contribution in [3.8, 4) is 44.9 Å². The highest BCUT2D eigenvalue weighted by Gasteiger charge is 2.46. The number of benzene rings is 5. The average Bonchev–Trinajstić information content (AvgIpc) is 3.00. The molecule has 7 rings (SSSR count). The molecular weight excluding hydrogens is 484 g/mol. The molecule has 0 N–H and O–H groups in total. The largest absolute Gasteiger partial charge is 0.228 e. The van der Waals surface area contributed by atoms with E-state index in [1.807, 2.05) is 12.1 Å². The molecule has 0 unspecified atom stereocenters. The van der Waals surface area contributed by atoms with E-state index >= 15 is 0 Å². The van der Waals surface area contributed by atoms with Gasteiger partial charge in [-0.2, -0.15) is 0 Å². The summed E-state index contributed by atoms with van der Waals surface area (Å²) in [5, 5.41) is 1.07. The van der Waals surface area contributed by atoms with Gasteiger partial charge in [-0.05, 0) is 62.4 Å². The van der Waals surface area contributed by atoms with E-state index in [2.05, 4.69) is 137 Å². The maximum atomic E-state index is 5.15. The van der Waals surface area contributed by atoms with E-state index in [9.17, 15) is 0 Å². The Bertz CT molecular complexity index is 1880. The second kappa shape index (κ2) is 8.99. The second-order valence-electron chi connectivity index (χ2n) is 11.9. The molecule has 0 aliphatic heterocycles. The fraction of sp³-hybridized carbons (Fsp3) is 0.158. The highest BCUT2D eigenvalue weighted by molar-refractivity contribution is 5.94. The highest BCUT2D eigenvalue weighted by atomic mass is 14.9. The first-order valence-electron chi connectivity index (χ1n) is 14.0. The van der Waals surface area contributed by atoms with Gasteiger partial charge in [-0.1, -0.05) is 131 Å². The van der Waals surface area contributed by atoms with Gasteiger partial charge in [-0.15, -0.1) is 0 Å². The Hall–Kier alpha value is -4.56. The van der Waals surface area contributed by atoms with Crippen molar-refractivity contribution in [2.45, 2.75) is 38.5 Å². The first kappa shape index (κ1) is 24.5. The summed E-state index contributed by atoms with van der Waals surface area (Å²) in [5.41, 5.74) is 11.8. The highest BCUT2D eigenvalue weighted by Crippen LogP contribution is 2.55. The molecule has 0 saturated heterocycles. The lowest BCUT2D eigenvalue weighted by Gasteiger charge is -2.48. The first-order chi connectivity index (χ1) is 19.3. The number of hydrogen-bond donors (Lipinski definition) is 0. The van der Waals surface area contributed by atoms with Gasteiger partial charge in [0.25, 0.3) is 0 Å². The van der Waals surface area contributed by atoms with Gasteiger partial charge >= 0.3 is 0 Å². The van der Waals surface area contributed by atoms with Gasteiger partial charge in [0.2, 0.25) is 0 Å². The summed E-state index contributed by atoms with van der Waals surface area (Å²) in [5.74, 6) is 0.763. The van der Waals surface area contributed by atoms with Crippen molar-refractivity contribution >= 4 is 10.9 Å². The maximum Gasteiger partial charge on any atom is 0.160 e. The van der Waals surface area contributed by atoms with Crippen LogP contribution in [-0.4, -0.2) is 9.97 Å². The third kappa shape index (κ3) is 3.71. The molecule has 40 heavy (non-hydrogen) atoms. The van der Waals surface area contributed by atoms with E-state index in [1.54, 1.807) is 0 Å².